The molecule has 1 atom stereocenters. The first-order valence-electron chi connectivity index (χ1n) is 8.54. The molecule has 2 rings (SSSR count). The van der Waals surface area contributed by atoms with E-state index in [-0.39, 0.29) is 18.1 Å². The number of benzene rings is 1. The van der Waals surface area contributed by atoms with Crippen molar-refractivity contribution in [2.24, 2.45) is 5.14 Å². The number of nitrogens with zero attached hydrogens (tertiary/aromatic N) is 1. The summed E-state index contributed by atoms with van der Waals surface area (Å²) in [6, 6.07) is 2.16. The van der Waals surface area contributed by atoms with E-state index >= 15 is 0 Å². The van der Waals surface area contributed by atoms with Crippen LogP contribution in [0.2, 0.25) is 0 Å². The number of nitrogens with one attached hydrogen (secondary N) is 3. The number of anilines is 1. The highest BCUT2D eigenvalue weighted by molar-refractivity contribution is 7.87. The van der Waals surface area contributed by atoms with E-state index in [0.717, 1.165) is 23.5 Å². The minimum Gasteiger partial charge on any atom is -0.465 e. The lowest BCUT2D eigenvalue weighted by Crippen LogP contribution is -2.43. The Kier molecular flexibility index (Phi) is 8.16. The van der Waals surface area contributed by atoms with Gasteiger partial charge >= 0.3 is 6.09 Å². The summed E-state index contributed by atoms with van der Waals surface area (Å²) in [5, 5.41) is 20.0. The number of halogens is 2. The van der Waals surface area contributed by atoms with E-state index in [4.69, 9.17) is 10.2 Å². The number of carbonyl (C=O) groups is 2. The molecule has 2 aromatic rings. The van der Waals surface area contributed by atoms with Crippen molar-refractivity contribution in [1.82, 2.24) is 15.0 Å². The Morgan fingerprint density at radius 2 is 1.97 bits per heavy atom. The van der Waals surface area contributed by atoms with Gasteiger partial charge in [-0.25, -0.2) is 28.4 Å². The van der Waals surface area contributed by atoms with Gasteiger partial charge in [-0.05, 0) is 37.5 Å². The molecular weight excluding hydrogens is 444 g/mol. The largest absolute Gasteiger partial charge is 0.465 e. The van der Waals surface area contributed by atoms with Crippen LogP contribution >= 0.6 is 11.3 Å². The standard InChI is InChI=1S/C16H19F2N5O5S2/c17-10-5-4-9(7-11(10)18)13-8-29-15(21-13)23-14(24)12(22-16(25)26)3-1-2-6-20-30(19,27)28/h4-5,7-8,12,20,22H,1-3,6H2,(H,25,26)(H2,19,27,28)(H,21,23,24). The lowest BCUT2D eigenvalue weighted by Gasteiger charge is -2.15. The number of thiazole rings is 1. The number of hydrogen-bond donors (Lipinski definition) is 5. The fraction of sp³-hybridized carbons (Fsp3) is 0.312. The number of aromatic nitrogens is 1. The molecule has 0 bridgehead atoms. The van der Waals surface area contributed by atoms with Crippen LogP contribution in [0, 0.1) is 11.6 Å². The number of amides is 2. The van der Waals surface area contributed by atoms with Gasteiger partial charge in [-0.15, -0.1) is 11.3 Å². The molecular formula is C16H19F2N5O5S2. The monoisotopic (exact) mass is 463 g/mol. The number of carboxylic acid groups (broad SMARTS) is 1. The maximum Gasteiger partial charge on any atom is 0.405 e. The number of carbonyl (C=O) groups excluding carboxylic acids is 1. The number of nitrogens with two attached hydrogens (primary N) is 1. The Balaban J connectivity index is 1.97. The van der Waals surface area contributed by atoms with Gasteiger partial charge in [0.2, 0.25) is 5.91 Å². The van der Waals surface area contributed by atoms with Crippen LogP contribution in [0.1, 0.15) is 19.3 Å². The van der Waals surface area contributed by atoms with Crippen molar-refractivity contribution >= 4 is 38.7 Å². The Bertz CT molecular complexity index is 1020. The summed E-state index contributed by atoms with van der Waals surface area (Å²) < 4.78 is 50.1. The van der Waals surface area contributed by atoms with E-state index < -0.39 is 39.9 Å². The molecule has 0 aliphatic rings. The van der Waals surface area contributed by atoms with Gasteiger partial charge in [-0.1, -0.05) is 0 Å². The van der Waals surface area contributed by atoms with Gasteiger partial charge in [0.15, 0.2) is 16.8 Å². The molecule has 1 aromatic heterocycles. The molecule has 0 aliphatic carbocycles. The molecule has 2 amide bonds. The molecule has 0 saturated carbocycles. The highest BCUT2D eigenvalue weighted by atomic mass is 32.2. The molecule has 0 spiro atoms. The fourth-order valence-electron chi connectivity index (χ4n) is 2.42. The molecule has 10 nitrogen and oxygen atoms in total. The summed E-state index contributed by atoms with van der Waals surface area (Å²) in [4.78, 5) is 27.5. The highest BCUT2D eigenvalue weighted by Crippen LogP contribution is 2.26. The minimum absolute atomic E-state index is 0.0459. The van der Waals surface area contributed by atoms with Crippen molar-refractivity contribution in [3.63, 3.8) is 0 Å². The van der Waals surface area contributed by atoms with Gasteiger partial charge in [-0.3, -0.25) is 4.79 Å². The van der Waals surface area contributed by atoms with Crippen molar-refractivity contribution in [1.29, 1.82) is 0 Å². The SMILES string of the molecule is NS(=O)(=O)NCCCCC(NC(=O)O)C(=O)Nc1nc(-c2ccc(F)c(F)c2)cs1. The van der Waals surface area contributed by atoms with Crippen molar-refractivity contribution in [3.8, 4) is 11.3 Å². The van der Waals surface area contributed by atoms with Gasteiger partial charge in [0.05, 0.1) is 5.69 Å². The van der Waals surface area contributed by atoms with Crippen molar-refractivity contribution in [2.75, 3.05) is 11.9 Å². The summed E-state index contributed by atoms with van der Waals surface area (Å²) in [5.74, 6) is -2.69. The summed E-state index contributed by atoms with van der Waals surface area (Å²) in [6.45, 7) is 0.0459. The summed E-state index contributed by atoms with van der Waals surface area (Å²) in [5.41, 5.74) is 0.624. The third kappa shape index (κ3) is 7.62. The highest BCUT2D eigenvalue weighted by Gasteiger charge is 2.21. The summed E-state index contributed by atoms with van der Waals surface area (Å²) in [7, 11) is -3.82. The second-order valence-corrected chi connectivity index (χ2v) is 8.33. The molecule has 164 valence electrons. The van der Waals surface area contributed by atoms with Gasteiger partial charge in [0, 0.05) is 17.5 Å². The van der Waals surface area contributed by atoms with Gasteiger partial charge < -0.3 is 15.7 Å². The molecule has 30 heavy (non-hydrogen) atoms. The predicted octanol–water partition coefficient (Wildman–Crippen LogP) is 1.63. The van der Waals surface area contributed by atoms with Crippen LogP contribution in [0.4, 0.5) is 18.7 Å². The second kappa shape index (κ2) is 10.4. The molecule has 0 saturated heterocycles. The first kappa shape index (κ1) is 23.6. The molecule has 0 radical (unpaired) electrons. The molecule has 1 aromatic carbocycles. The first-order valence-corrected chi connectivity index (χ1v) is 11.0. The maximum atomic E-state index is 13.4. The minimum atomic E-state index is -3.82. The topological polar surface area (TPSA) is 164 Å². The molecule has 6 N–H and O–H groups in total. The number of unbranched alkanes of at least 4 members (excludes halogenated alkanes) is 1. The van der Waals surface area contributed by atoms with Gasteiger partial charge in [-0.2, -0.15) is 8.42 Å². The van der Waals surface area contributed by atoms with Crippen molar-refractivity contribution in [3.05, 3.63) is 35.2 Å². The van der Waals surface area contributed by atoms with E-state index in [1.807, 2.05) is 0 Å². The quantitative estimate of drug-likeness (QED) is 0.336. The van der Waals surface area contributed by atoms with E-state index in [0.29, 0.717) is 24.1 Å². The Hall–Kier alpha value is -2.68. The van der Waals surface area contributed by atoms with Crippen molar-refractivity contribution in [2.45, 2.75) is 25.3 Å². The average molecular weight is 463 g/mol. The molecule has 0 aliphatic heterocycles. The Morgan fingerprint density at radius 1 is 1.23 bits per heavy atom. The summed E-state index contributed by atoms with van der Waals surface area (Å²) >= 11 is 1.03. The zero-order valence-electron chi connectivity index (χ0n) is 15.4. The van der Waals surface area contributed by atoms with E-state index in [2.05, 4.69) is 20.3 Å². The maximum absolute atomic E-state index is 13.4. The molecule has 1 heterocycles. The molecule has 14 heteroatoms. The predicted molar refractivity (Wildman–Crippen MR) is 106 cm³/mol. The van der Waals surface area contributed by atoms with E-state index in [1.165, 1.54) is 11.4 Å². The zero-order chi connectivity index (χ0) is 22.3. The van der Waals surface area contributed by atoms with Crippen LogP contribution < -0.4 is 20.5 Å². The van der Waals surface area contributed by atoms with Gasteiger partial charge in [0.1, 0.15) is 6.04 Å². The smallest absolute Gasteiger partial charge is 0.405 e. The Morgan fingerprint density at radius 3 is 2.60 bits per heavy atom. The first-order chi connectivity index (χ1) is 14.0. The average Bonchev–Trinajstić information content (AvgIpc) is 3.10. The third-order valence-electron chi connectivity index (χ3n) is 3.79. The van der Waals surface area contributed by atoms with E-state index in [1.54, 1.807) is 0 Å². The zero-order valence-corrected chi connectivity index (χ0v) is 17.0. The van der Waals surface area contributed by atoms with Gasteiger partial charge in [0.25, 0.3) is 10.2 Å². The summed E-state index contributed by atoms with van der Waals surface area (Å²) in [6.07, 6.45) is -0.636. The van der Waals surface area contributed by atoms with Crippen LogP contribution in [-0.2, 0) is 15.0 Å². The van der Waals surface area contributed by atoms with Crippen LogP contribution in [0.5, 0.6) is 0 Å². The Labute approximate surface area is 174 Å². The second-order valence-electron chi connectivity index (χ2n) is 6.09. The molecule has 1 unspecified atom stereocenters. The fourth-order valence-corrected chi connectivity index (χ4v) is 3.57. The van der Waals surface area contributed by atoms with Crippen molar-refractivity contribution < 1.29 is 31.9 Å². The lowest BCUT2D eigenvalue weighted by molar-refractivity contribution is -0.118. The molecule has 0 fully saturated rings. The number of hydrogen-bond acceptors (Lipinski definition) is 6. The van der Waals surface area contributed by atoms with E-state index in [9.17, 15) is 26.8 Å². The third-order valence-corrected chi connectivity index (χ3v) is 5.15. The van der Waals surface area contributed by atoms with Crippen LogP contribution in [0.15, 0.2) is 23.6 Å². The van der Waals surface area contributed by atoms with Crippen LogP contribution in [-0.4, -0.2) is 43.1 Å². The normalized spacial score (nSPS) is 12.4. The lowest BCUT2D eigenvalue weighted by atomic mass is 10.1. The van der Waals surface area contributed by atoms with Crippen LogP contribution in [0.25, 0.3) is 11.3 Å². The number of rotatable bonds is 10. The van der Waals surface area contributed by atoms with Crippen LogP contribution in [0.3, 0.4) is 0 Å².